The molecule has 0 bridgehead atoms. The molecule has 0 aliphatic carbocycles. The molecule has 6 nitrogen and oxygen atoms in total. The SMILES string of the molecule is CC(=O)N/C(=C/c1ccccc1)C(=O)N1CCC(N2CCOCC2)C1. The van der Waals surface area contributed by atoms with Gasteiger partial charge in [-0.25, -0.2) is 0 Å². The summed E-state index contributed by atoms with van der Waals surface area (Å²) in [6.07, 6.45) is 2.70. The van der Waals surface area contributed by atoms with Crippen LogP contribution in [0, 0.1) is 0 Å². The van der Waals surface area contributed by atoms with Crippen LogP contribution in [0.5, 0.6) is 0 Å². The van der Waals surface area contributed by atoms with Gasteiger partial charge >= 0.3 is 0 Å². The highest BCUT2D eigenvalue weighted by Crippen LogP contribution is 2.19. The van der Waals surface area contributed by atoms with Gasteiger partial charge in [-0.15, -0.1) is 0 Å². The molecule has 25 heavy (non-hydrogen) atoms. The molecule has 0 spiro atoms. The van der Waals surface area contributed by atoms with Crippen molar-refractivity contribution in [2.45, 2.75) is 19.4 Å². The Bertz CT molecular complexity index is 639. The van der Waals surface area contributed by atoms with Gasteiger partial charge < -0.3 is 15.0 Å². The third kappa shape index (κ3) is 4.67. The molecule has 2 saturated heterocycles. The Balaban J connectivity index is 1.70. The van der Waals surface area contributed by atoms with E-state index in [1.54, 1.807) is 6.08 Å². The molecule has 1 aromatic rings. The zero-order chi connectivity index (χ0) is 17.6. The van der Waals surface area contributed by atoms with Crippen molar-refractivity contribution in [2.24, 2.45) is 0 Å². The smallest absolute Gasteiger partial charge is 0.270 e. The highest BCUT2D eigenvalue weighted by atomic mass is 16.5. The van der Waals surface area contributed by atoms with Crippen molar-refractivity contribution in [3.05, 3.63) is 41.6 Å². The van der Waals surface area contributed by atoms with Gasteiger partial charge in [0.2, 0.25) is 5.91 Å². The number of nitrogens with zero attached hydrogens (tertiary/aromatic N) is 2. The lowest BCUT2D eigenvalue weighted by molar-refractivity contribution is -0.128. The monoisotopic (exact) mass is 343 g/mol. The van der Waals surface area contributed by atoms with Crippen LogP contribution in [0.4, 0.5) is 0 Å². The van der Waals surface area contributed by atoms with E-state index in [1.165, 1.54) is 6.92 Å². The van der Waals surface area contributed by atoms with Crippen molar-refractivity contribution in [3.8, 4) is 0 Å². The molecular formula is C19H25N3O3. The number of hydrogen-bond donors (Lipinski definition) is 1. The number of rotatable bonds is 4. The second kappa shape index (κ2) is 8.27. The van der Waals surface area contributed by atoms with Crippen LogP contribution in [0.2, 0.25) is 0 Å². The quantitative estimate of drug-likeness (QED) is 0.832. The highest BCUT2D eigenvalue weighted by Gasteiger charge is 2.32. The van der Waals surface area contributed by atoms with Crippen molar-refractivity contribution in [2.75, 3.05) is 39.4 Å². The van der Waals surface area contributed by atoms with Gasteiger partial charge in [0, 0.05) is 39.1 Å². The van der Waals surface area contributed by atoms with Crippen molar-refractivity contribution in [1.82, 2.24) is 15.1 Å². The van der Waals surface area contributed by atoms with E-state index in [9.17, 15) is 9.59 Å². The Labute approximate surface area is 148 Å². The third-order valence-electron chi connectivity index (χ3n) is 4.66. The summed E-state index contributed by atoms with van der Waals surface area (Å²) in [5, 5.41) is 2.70. The first kappa shape index (κ1) is 17.6. The van der Waals surface area contributed by atoms with Gasteiger partial charge in [0.25, 0.3) is 5.91 Å². The second-order valence-electron chi connectivity index (χ2n) is 6.49. The summed E-state index contributed by atoms with van der Waals surface area (Å²) in [6, 6.07) is 9.94. The van der Waals surface area contributed by atoms with Gasteiger partial charge in [-0.3, -0.25) is 14.5 Å². The lowest BCUT2D eigenvalue weighted by Crippen LogP contribution is -2.45. The first-order chi connectivity index (χ1) is 12.1. The van der Waals surface area contributed by atoms with E-state index in [0.29, 0.717) is 24.8 Å². The van der Waals surface area contributed by atoms with Gasteiger partial charge in [0.05, 0.1) is 13.2 Å². The zero-order valence-electron chi connectivity index (χ0n) is 14.6. The predicted molar refractivity (Wildman–Crippen MR) is 95.6 cm³/mol. The largest absolute Gasteiger partial charge is 0.379 e. The summed E-state index contributed by atoms with van der Waals surface area (Å²) in [4.78, 5) is 28.7. The molecule has 2 heterocycles. The number of likely N-dealkylation sites (tertiary alicyclic amines) is 1. The molecule has 2 aliphatic heterocycles. The standard InChI is InChI=1S/C19H25N3O3/c1-15(23)20-18(13-16-5-3-2-4-6-16)19(24)22-8-7-17(14-22)21-9-11-25-12-10-21/h2-6,13,17H,7-12,14H2,1H3,(H,20,23)/b18-13+. The van der Waals surface area contributed by atoms with Gasteiger partial charge in [-0.2, -0.15) is 0 Å². The van der Waals surface area contributed by atoms with E-state index in [4.69, 9.17) is 4.74 Å². The van der Waals surface area contributed by atoms with Crippen molar-refractivity contribution >= 4 is 17.9 Å². The number of morpholine rings is 1. The van der Waals surface area contributed by atoms with Crippen LogP contribution in [0.1, 0.15) is 18.9 Å². The van der Waals surface area contributed by atoms with Crippen molar-refractivity contribution in [3.63, 3.8) is 0 Å². The number of ether oxygens (including phenoxy) is 1. The molecule has 2 fully saturated rings. The van der Waals surface area contributed by atoms with Crippen LogP contribution in [0.25, 0.3) is 6.08 Å². The number of benzene rings is 1. The fourth-order valence-electron chi connectivity index (χ4n) is 3.39. The van der Waals surface area contributed by atoms with Gasteiger partial charge in [0.15, 0.2) is 0 Å². The Hall–Kier alpha value is -2.18. The number of carbonyl (C=O) groups excluding carboxylic acids is 2. The maximum Gasteiger partial charge on any atom is 0.270 e. The summed E-state index contributed by atoms with van der Waals surface area (Å²) in [5.41, 5.74) is 1.23. The fraction of sp³-hybridized carbons (Fsp3) is 0.474. The predicted octanol–water partition coefficient (Wildman–Crippen LogP) is 1.10. The van der Waals surface area contributed by atoms with Crippen molar-refractivity contribution < 1.29 is 14.3 Å². The molecule has 1 N–H and O–H groups in total. The Morgan fingerprint density at radius 3 is 2.56 bits per heavy atom. The summed E-state index contributed by atoms with van der Waals surface area (Å²) >= 11 is 0. The first-order valence-corrected chi connectivity index (χ1v) is 8.79. The maximum atomic E-state index is 12.9. The van der Waals surface area contributed by atoms with Crippen LogP contribution < -0.4 is 5.32 Å². The summed E-state index contributed by atoms with van der Waals surface area (Å²) in [7, 11) is 0. The summed E-state index contributed by atoms with van der Waals surface area (Å²) in [6.45, 7) is 6.20. The van der Waals surface area contributed by atoms with E-state index in [0.717, 1.165) is 38.3 Å². The first-order valence-electron chi connectivity index (χ1n) is 8.79. The Kier molecular flexibility index (Phi) is 5.83. The number of carbonyl (C=O) groups is 2. The minimum atomic E-state index is -0.237. The van der Waals surface area contributed by atoms with E-state index in [-0.39, 0.29) is 11.8 Å². The Morgan fingerprint density at radius 1 is 1.16 bits per heavy atom. The third-order valence-corrected chi connectivity index (χ3v) is 4.66. The maximum absolute atomic E-state index is 12.9. The van der Waals surface area contributed by atoms with E-state index in [1.807, 2.05) is 35.2 Å². The van der Waals surface area contributed by atoms with Gasteiger partial charge in [-0.05, 0) is 18.1 Å². The number of nitrogens with one attached hydrogen (secondary N) is 1. The van der Waals surface area contributed by atoms with Crippen LogP contribution in [-0.4, -0.2) is 67.0 Å². The lowest BCUT2D eigenvalue weighted by Gasteiger charge is -2.32. The highest BCUT2D eigenvalue weighted by molar-refractivity contribution is 6.01. The van der Waals surface area contributed by atoms with Crippen LogP contribution in [0.15, 0.2) is 36.0 Å². The lowest BCUT2D eigenvalue weighted by atomic mass is 10.2. The molecule has 0 saturated carbocycles. The van der Waals surface area contributed by atoms with E-state index < -0.39 is 0 Å². The molecule has 2 amide bonds. The van der Waals surface area contributed by atoms with Crippen LogP contribution >= 0.6 is 0 Å². The molecular weight excluding hydrogens is 318 g/mol. The average Bonchev–Trinajstić information content (AvgIpc) is 3.12. The summed E-state index contributed by atoms with van der Waals surface area (Å²) < 4.78 is 5.40. The molecule has 0 aromatic heterocycles. The number of amides is 2. The number of hydrogen-bond acceptors (Lipinski definition) is 4. The minimum Gasteiger partial charge on any atom is -0.379 e. The molecule has 1 atom stereocenters. The van der Waals surface area contributed by atoms with Crippen molar-refractivity contribution in [1.29, 1.82) is 0 Å². The molecule has 1 aromatic carbocycles. The normalized spacial score (nSPS) is 22.0. The Morgan fingerprint density at radius 2 is 1.88 bits per heavy atom. The van der Waals surface area contributed by atoms with Crippen LogP contribution in [-0.2, 0) is 14.3 Å². The zero-order valence-corrected chi connectivity index (χ0v) is 14.6. The molecule has 2 aliphatic rings. The van der Waals surface area contributed by atoms with E-state index >= 15 is 0 Å². The molecule has 6 heteroatoms. The summed E-state index contributed by atoms with van der Waals surface area (Å²) in [5.74, 6) is -0.353. The van der Waals surface area contributed by atoms with Gasteiger partial charge in [-0.1, -0.05) is 30.3 Å². The molecule has 1 unspecified atom stereocenters. The minimum absolute atomic E-state index is 0.116. The molecule has 134 valence electrons. The topological polar surface area (TPSA) is 61.9 Å². The second-order valence-corrected chi connectivity index (χ2v) is 6.49. The fourth-order valence-corrected chi connectivity index (χ4v) is 3.39. The molecule has 3 rings (SSSR count). The van der Waals surface area contributed by atoms with Crippen LogP contribution in [0.3, 0.4) is 0 Å². The molecule has 0 radical (unpaired) electrons. The van der Waals surface area contributed by atoms with Gasteiger partial charge in [0.1, 0.15) is 5.70 Å². The van der Waals surface area contributed by atoms with E-state index in [2.05, 4.69) is 10.2 Å². The average molecular weight is 343 g/mol.